The molecule has 0 saturated heterocycles. The third-order valence-electron chi connectivity index (χ3n) is 2.79. The summed E-state index contributed by atoms with van der Waals surface area (Å²) in [6, 6.07) is 5.89. The van der Waals surface area contributed by atoms with Crippen LogP contribution in [0.5, 0.6) is 0 Å². The Morgan fingerprint density at radius 1 is 1.24 bits per heavy atom. The highest BCUT2D eigenvalue weighted by Crippen LogP contribution is 2.21. The summed E-state index contributed by atoms with van der Waals surface area (Å²) >= 11 is 3.12. The fourth-order valence-corrected chi connectivity index (χ4v) is 2.11. The minimum absolute atomic E-state index is 0.0451. The molecule has 7 heteroatoms. The number of nitrogens with one attached hydrogen (secondary N) is 2. The van der Waals surface area contributed by atoms with E-state index in [0.717, 1.165) is 0 Å². The van der Waals surface area contributed by atoms with Crippen LogP contribution in [0.3, 0.4) is 0 Å². The Bertz CT molecular complexity index is 736. The maximum absolute atomic E-state index is 12.0. The molecular weight excluding hydrogens is 340 g/mol. The Morgan fingerprint density at radius 3 is 2.52 bits per heavy atom. The molecule has 108 valence electrons. The van der Waals surface area contributed by atoms with Crippen molar-refractivity contribution in [2.24, 2.45) is 0 Å². The molecule has 1 aromatic heterocycles. The summed E-state index contributed by atoms with van der Waals surface area (Å²) in [5.41, 5.74) is 1.02. The minimum Gasteiger partial charge on any atom is -0.478 e. The van der Waals surface area contributed by atoms with Gasteiger partial charge in [-0.2, -0.15) is 0 Å². The number of H-pyrrole nitrogens is 1. The van der Waals surface area contributed by atoms with Crippen LogP contribution >= 0.6 is 15.9 Å². The quantitative estimate of drug-likeness (QED) is 0.738. The largest absolute Gasteiger partial charge is 0.478 e. The Kier molecular flexibility index (Phi) is 4.23. The average molecular weight is 351 g/mol. The van der Waals surface area contributed by atoms with Crippen molar-refractivity contribution in [2.75, 3.05) is 5.32 Å². The fraction of sp³-hybridized carbons (Fsp3) is 0.0714. The number of aromatic nitrogens is 1. The van der Waals surface area contributed by atoms with Crippen molar-refractivity contribution in [1.29, 1.82) is 0 Å². The minimum atomic E-state index is -1.10. The molecule has 0 saturated carbocycles. The molecule has 2 aromatic rings. The molecule has 6 nitrogen and oxygen atoms in total. The normalized spacial score (nSPS) is 10.2. The fourth-order valence-electron chi connectivity index (χ4n) is 1.69. The molecule has 0 aliphatic rings. The van der Waals surface area contributed by atoms with Gasteiger partial charge in [0.15, 0.2) is 5.78 Å². The number of rotatable bonds is 4. The number of carboxylic acid groups (broad SMARTS) is 1. The van der Waals surface area contributed by atoms with Gasteiger partial charge in [0.05, 0.1) is 5.56 Å². The van der Waals surface area contributed by atoms with Crippen molar-refractivity contribution in [3.63, 3.8) is 0 Å². The van der Waals surface area contributed by atoms with E-state index in [1.807, 2.05) is 0 Å². The van der Waals surface area contributed by atoms with E-state index in [9.17, 15) is 14.4 Å². The zero-order chi connectivity index (χ0) is 15.6. The molecule has 0 unspecified atom stereocenters. The lowest BCUT2D eigenvalue weighted by Gasteiger charge is -2.06. The molecule has 3 N–H and O–H groups in total. The number of carbonyl (C=O) groups excluding carboxylic acids is 2. The lowest BCUT2D eigenvalue weighted by molar-refractivity contribution is 0.0695. The number of anilines is 1. The predicted molar refractivity (Wildman–Crippen MR) is 79.9 cm³/mol. The summed E-state index contributed by atoms with van der Waals surface area (Å²) in [4.78, 5) is 36.9. The van der Waals surface area contributed by atoms with Crippen molar-refractivity contribution in [3.05, 3.63) is 51.8 Å². The van der Waals surface area contributed by atoms with Gasteiger partial charge in [-0.15, -0.1) is 0 Å². The molecule has 0 bridgehead atoms. The summed E-state index contributed by atoms with van der Waals surface area (Å²) in [5.74, 6) is -1.71. The number of amides is 1. The van der Waals surface area contributed by atoms with Crippen LogP contribution in [-0.2, 0) is 0 Å². The number of hydrogen-bond donors (Lipinski definition) is 3. The SMILES string of the molecule is CC(=O)c1c[nH]c(C(=O)Nc2ccc(Br)c(C(=O)O)c2)c1. The molecule has 0 spiro atoms. The first-order valence-corrected chi connectivity index (χ1v) is 6.71. The number of hydrogen-bond acceptors (Lipinski definition) is 3. The third kappa shape index (κ3) is 3.38. The van der Waals surface area contributed by atoms with Crippen LogP contribution < -0.4 is 5.32 Å². The Labute approximate surface area is 128 Å². The molecule has 1 aromatic carbocycles. The van der Waals surface area contributed by atoms with Gasteiger partial charge in [0, 0.05) is 21.9 Å². The van der Waals surface area contributed by atoms with E-state index in [4.69, 9.17) is 5.11 Å². The van der Waals surface area contributed by atoms with Crippen molar-refractivity contribution >= 4 is 39.3 Å². The van der Waals surface area contributed by atoms with E-state index in [1.54, 1.807) is 6.07 Å². The van der Waals surface area contributed by atoms with Gasteiger partial charge in [-0.05, 0) is 47.1 Å². The van der Waals surface area contributed by atoms with E-state index in [-0.39, 0.29) is 17.0 Å². The van der Waals surface area contributed by atoms with Crippen molar-refractivity contribution in [2.45, 2.75) is 6.92 Å². The predicted octanol–water partition coefficient (Wildman–Crippen LogP) is 2.93. The number of aromatic amines is 1. The van der Waals surface area contributed by atoms with E-state index in [0.29, 0.717) is 15.7 Å². The van der Waals surface area contributed by atoms with Gasteiger partial charge in [0.25, 0.3) is 5.91 Å². The first kappa shape index (κ1) is 15.0. The highest BCUT2D eigenvalue weighted by atomic mass is 79.9. The highest BCUT2D eigenvalue weighted by molar-refractivity contribution is 9.10. The average Bonchev–Trinajstić information content (AvgIpc) is 2.90. The summed E-state index contributed by atoms with van der Waals surface area (Å²) in [6.45, 7) is 1.40. The Morgan fingerprint density at radius 2 is 1.95 bits per heavy atom. The van der Waals surface area contributed by atoms with Crippen LogP contribution in [-0.4, -0.2) is 27.8 Å². The van der Waals surface area contributed by atoms with E-state index >= 15 is 0 Å². The summed E-state index contributed by atoms with van der Waals surface area (Å²) in [5, 5.41) is 11.6. The summed E-state index contributed by atoms with van der Waals surface area (Å²) in [7, 11) is 0. The second-order valence-electron chi connectivity index (χ2n) is 4.31. The van der Waals surface area contributed by atoms with Gasteiger partial charge in [-0.25, -0.2) is 4.79 Å². The Balaban J connectivity index is 2.21. The zero-order valence-electron chi connectivity index (χ0n) is 10.9. The molecular formula is C14H11BrN2O4. The molecule has 1 heterocycles. The van der Waals surface area contributed by atoms with Crippen LogP contribution in [0.4, 0.5) is 5.69 Å². The van der Waals surface area contributed by atoms with Crippen LogP contribution in [0.1, 0.15) is 38.1 Å². The molecule has 0 aliphatic heterocycles. The standard InChI is InChI=1S/C14H11BrN2O4/c1-7(18)8-4-12(16-6-8)13(19)17-9-2-3-11(15)10(5-9)14(20)21/h2-6,16H,1H3,(H,17,19)(H,20,21). The van der Waals surface area contributed by atoms with Crippen LogP contribution in [0.15, 0.2) is 34.9 Å². The van der Waals surface area contributed by atoms with E-state index in [1.165, 1.54) is 31.3 Å². The third-order valence-corrected chi connectivity index (χ3v) is 3.48. The van der Waals surface area contributed by atoms with Crippen molar-refractivity contribution < 1.29 is 19.5 Å². The lowest BCUT2D eigenvalue weighted by Crippen LogP contribution is -2.13. The molecule has 21 heavy (non-hydrogen) atoms. The topological polar surface area (TPSA) is 99.3 Å². The number of carbonyl (C=O) groups is 3. The lowest BCUT2D eigenvalue weighted by atomic mass is 10.2. The van der Waals surface area contributed by atoms with Gasteiger partial charge in [-0.1, -0.05) is 0 Å². The second kappa shape index (κ2) is 5.92. The number of benzene rings is 1. The summed E-state index contributed by atoms with van der Waals surface area (Å²) in [6.07, 6.45) is 1.45. The Hall–Kier alpha value is -2.41. The number of carboxylic acids is 1. The maximum atomic E-state index is 12.0. The number of Topliss-reactive ketones (excluding diaryl/α,β-unsaturated/α-hetero) is 1. The van der Waals surface area contributed by atoms with Crippen molar-refractivity contribution in [3.8, 4) is 0 Å². The molecule has 2 rings (SSSR count). The molecule has 1 amide bonds. The van der Waals surface area contributed by atoms with Gasteiger partial charge >= 0.3 is 5.97 Å². The summed E-state index contributed by atoms with van der Waals surface area (Å²) < 4.78 is 0.423. The monoisotopic (exact) mass is 350 g/mol. The van der Waals surface area contributed by atoms with Gasteiger partial charge in [0.1, 0.15) is 5.69 Å². The number of ketones is 1. The van der Waals surface area contributed by atoms with Gasteiger partial charge < -0.3 is 15.4 Å². The molecule has 0 aliphatic carbocycles. The van der Waals surface area contributed by atoms with Crippen LogP contribution in [0.25, 0.3) is 0 Å². The first-order valence-electron chi connectivity index (χ1n) is 5.92. The van der Waals surface area contributed by atoms with Gasteiger partial charge in [-0.3, -0.25) is 9.59 Å². The van der Waals surface area contributed by atoms with Crippen LogP contribution in [0.2, 0.25) is 0 Å². The van der Waals surface area contributed by atoms with Gasteiger partial charge in [0.2, 0.25) is 0 Å². The van der Waals surface area contributed by atoms with Crippen molar-refractivity contribution in [1.82, 2.24) is 4.98 Å². The van der Waals surface area contributed by atoms with E-state index < -0.39 is 11.9 Å². The second-order valence-corrected chi connectivity index (χ2v) is 5.17. The smallest absolute Gasteiger partial charge is 0.336 e. The number of halogens is 1. The molecule has 0 atom stereocenters. The number of aromatic carboxylic acids is 1. The molecule has 0 radical (unpaired) electrons. The zero-order valence-corrected chi connectivity index (χ0v) is 12.5. The van der Waals surface area contributed by atoms with Crippen LogP contribution in [0, 0.1) is 0 Å². The first-order chi connectivity index (χ1) is 9.88. The molecule has 0 fully saturated rings. The van der Waals surface area contributed by atoms with E-state index in [2.05, 4.69) is 26.2 Å². The highest BCUT2D eigenvalue weighted by Gasteiger charge is 2.13. The maximum Gasteiger partial charge on any atom is 0.336 e.